The van der Waals surface area contributed by atoms with Crippen molar-refractivity contribution in [2.24, 2.45) is 0 Å². The Morgan fingerprint density at radius 1 is 1.24 bits per heavy atom. The van der Waals surface area contributed by atoms with E-state index in [9.17, 15) is 9.59 Å². The van der Waals surface area contributed by atoms with Crippen molar-refractivity contribution in [3.05, 3.63) is 41.7 Å². The average molecular weight is 343 g/mol. The molecule has 2 aromatic rings. The van der Waals surface area contributed by atoms with Gasteiger partial charge < -0.3 is 15.0 Å². The third kappa shape index (κ3) is 3.53. The number of nitrogens with one attached hydrogen (secondary N) is 1. The van der Waals surface area contributed by atoms with E-state index in [2.05, 4.69) is 15.5 Å². The van der Waals surface area contributed by atoms with Gasteiger partial charge in [0.15, 0.2) is 0 Å². The van der Waals surface area contributed by atoms with E-state index in [4.69, 9.17) is 4.74 Å². The first-order chi connectivity index (χ1) is 12.1. The van der Waals surface area contributed by atoms with Crippen molar-refractivity contribution < 1.29 is 14.3 Å². The lowest BCUT2D eigenvalue weighted by atomic mass is 10.1. The summed E-state index contributed by atoms with van der Waals surface area (Å²) in [7, 11) is 1.31. The molecule has 1 aliphatic rings. The second-order valence-corrected chi connectivity index (χ2v) is 5.93. The molecule has 1 aliphatic heterocycles. The molecule has 1 fully saturated rings. The minimum Gasteiger partial charge on any atom is -0.465 e. The van der Waals surface area contributed by atoms with Crippen LogP contribution in [0.2, 0.25) is 0 Å². The van der Waals surface area contributed by atoms with E-state index in [0.29, 0.717) is 23.4 Å². The highest BCUT2D eigenvalue weighted by atomic mass is 16.5. The fourth-order valence-corrected chi connectivity index (χ4v) is 2.93. The first-order valence-corrected chi connectivity index (χ1v) is 8.22. The van der Waals surface area contributed by atoms with Crippen LogP contribution >= 0.6 is 0 Å². The summed E-state index contributed by atoms with van der Waals surface area (Å²) >= 11 is 0. The van der Waals surface area contributed by atoms with Gasteiger partial charge in [-0.1, -0.05) is 0 Å². The number of esters is 1. The van der Waals surface area contributed by atoms with E-state index < -0.39 is 5.97 Å². The van der Waals surface area contributed by atoms with Crippen LogP contribution in [0.3, 0.4) is 0 Å². The Hall–Kier alpha value is -2.74. The number of carbonyl (C=O) groups excluding carboxylic acids is 2. The summed E-state index contributed by atoms with van der Waals surface area (Å²) in [6.45, 7) is 4.25. The zero-order valence-corrected chi connectivity index (χ0v) is 14.3. The molecule has 0 unspecified atom stereocenters. The van der Waals surface area contributed by atoms with Gasteiger partial charge >= 0.3 is 5.97 Å². The van der Waals surface area contributed by atoms with Gasteiger partial charge in [-0.3, -0.25) is 4.79 Å². The maximum atomic E-state index is 13.2. The van der Waals surface area contributed by atoms with E-state index in [1.54, 1.807) is 30.6 Å². The Bertz CT molecular complexity index is 760. The van der Waals surface area contributed by atoms with Crippen molar-refractivity contribution in [2.45, 2.75) is 19.4 Å². The molecule has 1 aromatic heterocycles. The first kappa shape index (κ1) is 17.1. The summed E-state index contributed by atoms with van der Waals surface area (Å²) in [5.41, 5.74) is 1.24. The highest BCUT2D eigenvalue weighted by Gasteiger charge is 2.26. The first-order valence-electron chi connectivity index (χ1n) is 8.22. The Balaban J connectivity index is 2.04. The van der Waals surface area contributed by atoms with Crippen molar-refractivity contribution >= 4 is 11.9 Å². The molecule has 132 valence electrons. The molecule has 1 aromatic carbocycles. The fraction of sp³-hybridized carbons (Fsp3) is 0.412. The third-order valence-electron chi connectivity index (χ3n) is 4.34. The SMILES string of the molecule is COC(=O)c1ccc(-n2nccn2)c(C(=O)N2CCNCC[C@H]2C)c1. The highest BCUT2D eigenvalue weighted by molar-refractivity contribution is 6.01. The Morgan fingerprint density at radius 2 is 2.00 bits per heavy atom. The molecule has 1 saturated heterocycles. The van der Waals surface area contributed by atoms with Crippen molar-refractivity contribution in [3.8, 4) is 5.69 Å². The number of nitrogens with zero attached hydrogens (tertiary/aromatic N) is 4. The summed E-state index contributed by atoms with van der Waals surface area (Å²) in [5.74, 6) is -0.631. The third-order valence-corrected chi connectivity index (χ3v) is 4.34. The largest absolute Gasteiger partial charge is 0.465 e. The number of carbonyl (C=O) groups is 2. The van der Waals surface area contributed by atoms with Gasteiger partial charge in [0.05, 0.1) is 36.3 Å². The number of methoxy groups -OCH3 is 1. The number of aromatic nitrogens is 3. The van der Waals surface area contributed by atoms with E-state index >= 15 is 0 Å². The van der Waals surface area contributed by atoms with E-state index in [1.165, 1.54) is 11.9 Å². The van der Waals surface area contributed by atoms with Crippen LogP contribution in [0.15, 0.2) is 30.6 Å². The smallest absolute Gasteiger partial charge is 0.337 e. The quantitative estimate of drug-likeness (QED) is 0.832. The van der Waals surface area contributed by atoms with Crippen LogP contribution < -0.4 is 5.32 Å². The molecule has 8 heteroatoms. The van der Waals surface area contributed by atoms with Gasteiger partial charge in [0.25, 0.3) is 5.91 Å². The van der Waals surface area contributed by atoms with Gasteiger partial charge in [0.1, 0.15) is 0 Å². The number of rotatable bonds is 3. The van der Waals surface area contributed by atoms with Crippen molar-refractivity contribution in [3.63, 3.8) is 0 Å². The molecule has 25 heavy (non-hydrogen) atoms. The topological polar surface area (TPSA) is 89.4 Å². The van der Waals surface area contributed by atoms with Gasteiger partial charge in [-0.25, -0.2) is 4.79 Å². The molecule has 0 spiro atoms. The summed E-state index contributed by atoms with van der Waals surface area (Å²) in [6, 6.07) is 4.93. The summed E-state index contributed by atoms with van der Waals surface area (Å²) in [6.07, 6.45) is 3.96. The van der Waals surface area contributed by atoms with Crippen LogP contribution in [0.5, 0.6) is 0 Å². The highest BCUT2D eigenvalue weighted by Crippen LogP contribution is 2.20. The Kier molecular flexibility index (Phi) is 5.08. The van der Waals surface area contributed by atoms with Crippen LogP contribution in [0.1, 0.15) is 34.1 Å². The number of benzene rings is 1. The molecular formula is C17H21N5O3. The molecule has 1 atom stereocenters. The van der Waals surface area contributed by atoms with E-state index in [1.807, 2.05) is 11.8 Å². The fourth-order valence-electron chi connectivity index (χ4n) is 2.93. The van der Waals surface area contributed by atoms with Crippen LogP contribution in [0.25, 0.3) is 5.69 Å². The molecule has 0 bridgehead atoms. The van der Waals surface area contributed by atoms with Gasteiger partial charge in [-0.15, -0.1) is 0 Å². The number of ether oxygens (including phenoxy) is 1. The van der Waals surface area contributed by atoms with Gasteiger partial charge in [0, 0.05) is 19.1 Å². The van der Waals surface area contributed by atoms with Gasteiger partial charge in [0.2, 0.25) is 0 Å². The monoisotopic (exact) mass is 343 g/mol. The Labute approximate surface area is 145 Å². The van der Waals surface area contributed by atoms with Crippen LogP contribution in [-0.4, -0.2) is 64.6 Å². The summed E-state index contributed by atoms with van der Waals surface area (Å²) < 4.78 is 4.78. The molecule has 0 radical (unpaired) electrons. The lowest BCUT2D eigenvalue weighted by Gasteiger charge is -2.27. The minimum absolute atomic E-state index is 0.0997. The van der Waals surface area contributed by atoms with E-state index in [0.717, 1.165) is 19.5 Å². The normalized spacial score (nSPS) is 17.8. The lowest BCUT2D eigenvalue weighted by molar-refractivity contribution is 0.0600. The van der Waals surface area contributed by atoms with Gasteiger partial charge in [-0.05, 0) is 38.1 Å². The molecule has 2 heterocycles. The minimum atomic E-state index is -0.486. The predicted octanol–water partition coefficient (Wildman–Crippen LogP) is 0.878. The van der Waals surface area contributed by atoms with Crippen LogP contribution in [-0.2, 0) is 4.74 Å². The molecular weight excluding hydrogens is 322 g/mol. The summed E-state index contributed by atoms with van der Waals surface area (Å²) in [4.78, 5) is 28.3. The second kappa shape index (κ2) is 7.43. The number of hydrogen-bond acceptors (Lipinski definition) is 6. The molecule has 8 nitrogen and oxygen atoms in total. The maximum Gasteiger partial charge on any atom is 0.337 e. The maximum absolute atomic E-state index is 13.2. The van der Waals surface area contributed by atoms with Crippen LogP contribution in [0, 0.1) is 0 Å². The zero-order valence-electron chi connectivity index (χ0n) is 14.3. The van der Waals surface area contributed by atoms with Gasteiger partial charge in [-0.2, -0.15) is 15.0 Å². The van der Waals surface area contributed by atoms with Crippen LogP contribution in [0.4, 0.5) is 0 Å². The number of amides is 1. The van der Waals surface area contributed by atoms with Crippen molar-refractivity contribution in [2.75, 3.05) is 26.7 Å². The van der Waals surface area contributed by atoms with Crippen molar-refractivity contribution in [1.82, 2.24) is 25.2 Å². The number of hydrogen-bond donors (Lipinski definition) is 1. The average Bonchev–Trinajstić information content (AvgIpc) is 3.09. The zero-order chi connectivity index (χ0) is 17.8. The summed E-state index contributed by atoms with van der Waals surface area (Å²) in [5, 5.41) is 11.5. The molecule has 1 amide bonds. The molecule has 1 N–H and O–H groups in total. The Morgan fingerprint density at radius 3 is 2.72 bits per heavy atom. The molecule has 3 rings (SSSR count). The van der Waals surface area contributed by atoms with Crippen molar-refractivity contribution in [1.29, 1.82) is 0 Å². The predicted molar refractivity (Wildman–Crippen MR) is 90.7 cm³/mol. The lowest BCUT2D eigenvalue weighted by Crippen LogP contribution is -2.40. The molecule has 0 saturated carbocycles. The van der Waals surface area contributed by atoms with E-state index in [-0.39, 0.29) is 11.9 Å². The standard InChI is InChI=1S/C17H21N5O3/c1-12-5-6-18-9-10-21(12)16(23)14-11-13(17(24)25-2)3-4-15(14)22-19-7-8-20-22/h3-4,7-8,11-12,18H,5-6,9-10H2,1-2H3/t12-/m1/s1. The molecule has 0 aliphatic carbocycles. The second-order valence-electron chi connectivity index (χ2n) is 5.93.